The van der Waals surface area contributed by atoms with Crippen LogP contribution in [0.25, 0.3) is 0 Å². The van der Waals surface area contributed by atoms with E-state index in [-0.39, 0.29) is 12.5 Å². The van der Waals surface area contributed by atoms with Gasteiger partial charge in [-0.1, -0.05) is 24.3 Å². The Hall–Kier alpha value is -1.85. The number of nitrogens with zero attached hydrogens (tertiary/aromatic N) is 3. The molecule has 0 saturated carbocycles. The van der Waals surface area contributed by atoms with Crippen molar-refractivity contribution in [1.29, 1.82) is 0 Å². The zero-order valence-corrected chi connectivity index (χ0v) is 16.0. The second kappa shape index (κ2) is 9.19. The fraction of sp³-hybridized carbons (Fsp3) is 0.571. The van der Waals surface area contributed by atoms with Crippen molar-refractivity contribution in [2.45, 2.75) is 26.3 Å². The smallest absolute Gasteiger partial charge is 0.260 e. The molecule has 2 aliphatic rings. The summed E-state index contributed by atoms with van der Waals surface area (Å²) in [5.74, 6) is 0.867. The quantitative estimate of drug-likeness (QED) is 0.702. The third-order valence-electron chi connectivity index (χ3n) is 5.11. The molecule has 0 bridgehead atoms. The van der Waals surface area contributed by atoms with Gasteiger partial charge in [-0.05, 0) is 37.5 Å². The molecule has 2 saturated heterocycles. The number of hydrogen-bond donors (Lipinski definition) is 0. The zero-order valence-electron chi connectivity index (χ0n) is 16.0. The van der Waals surface area contributed by atoms with Gasteiger partial charge in [0.1, 0.15) is 5.75 Å². The van der Waals surface area contributed by atoms with Gasteiger partial charge in [0.15, 0.2) is 6.61 Å². The molecule has 0 spiro atoms. The first-order chi connectivity index (χ1) is 12.6. The highest BCUT2D eigenvalue weighted by atomic mass is 16.5. The molecule has 1 aromatic rings. The standard InChI is InChI=1S/C21H31N3O2/c1-18(2)15-22-11-13-23(14-12-22)16-19-5-7-20(8-6-19)26-17-21(25)24-9-3-4-10-24/h5-8H,1,3-4,9-17H2,2H3. The van der Waals surface area contributed by atoms with Crippen LogP contribution >= 0.6 is 0 Å². The Kier molecular flexibility index (Phi) is 6.69. The summed E-state index contributed by atoms with van der Waals surface area (Å²) in [6, 6.07) is 8.17. The van der Waals surface area contributed by atoms with Gasteiger partial charge < -0.3 is 9.64 Å². The van der Waals surface area contributed by atoms with E-state index in [4.69, 9.17) is 4.74 Å². The maximum atomic E-state index is 12.0. The molecule has 26 heavy (non-hydrogen) atoms. The van der Waals surface area contributed by atoms with Crippen molar-refractivity contribution in [3.05, 3.63) is 42.0 Å². The van der Waals surface area contributed by atoms with Crippen LogP contribution in [0.3, 0.4) is 0 Å². The third kappa shape index (κ3) is 5.58. The summed E-state index contributed by atoms with van der Waals surface area (Å²) >= 11 is 0. The number of amides is 1. The molecule has 0 aliphatic carbocycles. The maximum absolute atomic E-state index is 12.0. The minimum atomic E-state index is 0.0965. The molecular formula is C21H31N3O2. The number of rotatable bonds is 7. The maximum Gasteiger partial charge on any atom is 0.260 e. The first-order valence-corrected chi connectivity index (χ1v) is 9.69. The van der Waals surface area contributed by atoms with Crippen LogP contribution in [0.5, 0.6) is 5.75 Å². The SMILES string of the molecule is C=C(C)CN1CCN(Cc2ccc(OCC(=O)N3CCCC3)cc2)CC1. The topological polar surface area (TPSA) is 36.0 Å². The van der Waals surface area contributed by atoms with Gasteiger partial charge in [-0.2, -0.15) is 0 Å². The van der Waals surface area contributed by atoms with E-state index in [2.05, 4.69) is 35.4 Å². The molecule has 0 N–H and O–H groups in total. The van der Waals surface area contributed by atoms with Crippen molar-refractivity contribution in [2.75, 3.05) is 52.4 Å². The Morgan fingerprint density at radius 2 is 1.62 bits per heavy atom. The van der Waals surface area contributed by atoms with E-state index in [9.17, 15) is 4.79 Å². The van der Waals surface area contributed by atoms with Crippen molar-refractivity contribution in [3.8, 4) is 5.75 Å². The lowest BCUT2D eigenvalue weighted by atomic mass is 10.2. The summed E-state index contributed by atoms with van der Waals surface area (Å²) in [5.41, 5.74) is 2.52. The van der Waals surface area contributed by atoms with E-state index in [1.807, 2.05) is 17.0 Å². The van der Waals surface area contributed by atoms with Gasteiger partial charge in [0.05, 0.1) is 0 Å². The van der Waals surface area contributed by atoms with Crippen molar-refractivity contribution >= 4 is 5.91 Å². The lowest BCUT2D eigenvalue weighted by molar-refractivity contribution is -0.132. The predicted octanol–water partition coefficient (Wildman–Crippen LogP) is 2.38. The first kappa shape index (κ1) is 18.9. The lowest BCUT2D eigenvalue weighted by Crippen LogP contribution is -2.46. The van der Waals surface area contributed by atoms with Crippen molar-refractivity contribution in [1.82, 2.24) is 14.7 Å². The summed E-state index contributed by atoms with van der Waals surface area (Å²) in [4.78, 5) is 18.9. The summed E-state index contributed by atoms with van der Waals surface area (Å²) < 4.78 is 5.66. The Morgan fingerprint density at radius 3 is 2.23 bits per heavy atom. The van der Waals surface area contributed by atoms with Crippen LogP contribution in [0, 0.1) is 0 Å². The molecule has 3 rings (SSSR count). The normalized spacial score (nSPS) is 18.9. The average Bonchev–Trinajstić information content (AvgIpc) is 3.17. The van der Waals surface area contributed by atoms with Gasteiger partial charge in [0.25, 0.3) is 5.91 Å². The Labute approximate surface area is 157 Å². The van der Waals surface area contributed by atoms with E-state index >= 15 is 0 Å². The zero-order chi connectivity index (χ0) is 18.4. The van der Waals surface area contributed by atoms with Gasteiger partial charge in [-0.3, -0.25) is 14.6 Å². The summed E-state index contributed by atoms with van der Waals surface area (Å²) in [7, 11) is 0. The average molecular weight is 357 g/mol. The predicted molar refractivity (Wildman–Crippen MR) is 104 cm³/mol. The number of ether oxygens (including phenoxy) is 1. The molecule has 5 nitrogen and oxygen atoms in total. The van der Waals surface area contributed by atoms with Crippen LogP contribution in [0.15, 0.2) is 36.4 Å². The van der Waals surface area contributed by atoms with Crippen LogP contribution < -0.4 is 4.74 Å². The Balaban J connectivity index is 1.40. The number of benzene rings is 1. The van der Waals surface area contributed by atoms with Gasteiger partial charge in [-0.15, -0.1) is 0 Å². The number of hydrogen-bond acceptors (Lipinski definition) is 4. The number of carbonyl (C=O) groups is 1. The largest absolute Gasteiger partial charge is 0.484 e. The second-order valence-electron chi connectivity index (χ2n) is 7.53. The van der Waals surface area contributed by atoms with Gasteiger partial charge in [-0.25, -0.2) is 0 Å². The van der Waals surface area contributed by atoms with Crippen LogP contribution in [0.4, 0.5) is 0 Å². The fourth-order valence-electron chi connectivity index (χ4n) is 3.64. The highest BCUT2D eigenvalue weighted by Gasteiger charge is 2.18. The molecule has 2 aliphatic heterocycles. The van der Waals surface area contributed by atoms with Crippen LogP contribution in [-0.2, 0) is 11.3 Å². The highest BCUT2D eigenvalue weighted by molar-refractivity contribution is 5.78. The van der Waals surface area contributed by atoms with Gasteiger partial charge in [0.2, 0.25) is 0 Å². The van der Waals surface area contributed by atoms with Crippen molar-refractivity contribution in [3.63, 3.8) is 0 Å². The van der Waals surface area contributed by atoms with Crippen LogP contribution in [-0.4, -0.2) is 73.0 Å². The minimum absolute atomic E-state index is 0.0965. The molecule has 142 valence electrons. The van der Waals surface area contributed by atoms with Gasteiger partial charge >= 0.3 is 0 Å². The molecule has 0 aromatic heterocycles. The lowest BCUT2D eigenvalue weighted by Gasteiger charge is -2.34. The first-order valence-electron chi connectivity index (χ1n) is 9.69. The van der Waals surface area contributed by atoms with Crippen LogP contribution in [0.2, 0.25) is 0 Å². The van der Waals surface area contributed by atoms with Gasteiger partial charge in [0, 0.05) is 52.4 Å². The molecule has 2 heterocycles. The number of carbonyl (C=O) groups excluding carboxylic acids is 1. The van der Waals surface area contributed by atoms with Crippen LogP contribution in [0.1, 0.15) is 25.3 Å². The molecule has 5 heteroatoms. The molecule has 1 amide bonds. The summed E-state index contributed by atoms with van der Waals surface area (Å²) in [6.45, 7) is 14.4. The van der Waals surface area contributed by atoms with E-state index in [1.54, 1.807) is 0 Å². The fourth-order valence-corrected chi connectivity index (χ4v) is 3.64. The highest BCUT2D eigenvalue weighted by Crippen LogP contribution is 2.16. The molecular weight excluding hydrogens is 326 g/mol. The number of piperazine rings is 1. The molecule has 1 aromatic carbocycles. The summed E-state index contributed by atoms with van der Waals surface area (Å²) in [5, 5.41) is 0. The van der Waals surface area contributed by atoms with E-state index in [0.29, 0.717) is 0 Å². The molecule has 0 radical (unpaired) electrons. The van der Waals surface area contributed by atoms with Crippen molar-refractivity contribution < 1.29 is 9.53 Å². The van der Waals surface area contributed by atoms with Crippen molar-refractivity contribution in [2.24, 2.45) is 0 Å². The molecule has 2 fully saturated rings. The summed E-state index contributed by atoms with van der Waals surface area (Å²) in [6.07, 6.45) is 2.23. The molecule has 0 unspecified atom stereocenters. The Morgan fingerprint density at radius 1 is 1.00 bits per heavy atom. The third-order valence-corrected chi connectivity index (χ3v) is 5.11. The van der Waals surface area contributed by atoms with E-state index in [1.165, 1.54) is 11.1 Å². The molecule has 0 atom stereocenters. The monoisotopic (exact) mass is 357 g/mol. The Bertz CT molecular complexity index is 600. The number of likely N-dealkylation sites (tertiary alicyclic amines) is 1. The minimum Gasteiger partial charge on any atom is -0.484 e. The second-order valence-corrected chi connectivity index (χ2v) is 7.53. The van der Waals surface area contributed by atoms with E-state index in [0.717, 1.165) is 70.9 Å². The van der Waals surface area contributed by atoms with E-state index < -0.39 is 0 Å².